The molecule has 1 unspecified atom stereocenters. The minimum Gasteiger partial charge on any atom is -0.484 e. The number of rotatable bonds is 8. The molecule has 0 aliphatic carbocycles. The van der Waals surface area contributed by atoms with E-state index >= 15 is 0 Å². The zero-order chi connectivity index (χ0) is 18.9. The van der Waals surface area contributed by atoms with E-state index in [-0.39, 0.29) is 24.5 Å². The lowest BCUT2D eigenvalue weighted by Crippen LogP contribution is -2.30. The molecule has 0 aliphatic rings. The van der Waals surface area contributed by atoms with Gasteiger partial charge < -0.3 is 15.8 Å². The molecule has 3 N–H and O–H groups in total. The van der Waals surface area contributed by atoms with Gasteiger partial charge in [-0.3, -0.25) is 9.59 Å². The topological polar surface area (TPSA) is 81.4 Å². The van der Waals surface area contributed by atoms with Gasteiger partial charge in [0.05, 0.1) is 6.04 Å². The molecule has 0 radical (unpaired) electrons. The van der Waals surface area contributed by atoms with Crippen LogP contribution in [0.5, 0.6) is 5.75 Å². The second-order valence-corrected chi connectivity index (χ2v) is 6.30. The molecule has 0 fully saturated rings. The summed E-state index contributed by atoms with van der Waals surface area (Å²) in [7, 11) is 0. The number of carbonyl (C=O) groups excluding carboxylic acids is 2. The Hall–Kier alpha value is -3.08. The molecule has 2 aromatic rings. The standard InChI is InChI=1S/C21H24N2O3/c1-15(2)21(17-6-4-3-5-7-17)23-20(25)13-10-16-8-11-18(12-9-16)26-14-19(22)24/h3-13,15,21H,14H2,1-2H3,(H2,22,24)(H,23,25)/b13-10+. The first-order valence-corrected chi connectivity index (χ1v) is 8.50. The molecule has 0 bridgehead atoms. The highest BCUT2D eigenvalue weighted by Gasteiger charge is 2.16. The van der Waals surface area contributed by atoms with Gasteiger partial charge in [-0.15, -0.1) is 0 Å². The lowest BCUT2D eigenvalue weighted by Gasteiger charge is -2.22. The first kappa shape index (κ1) is 19.2. The van der Waals surface area contributed by atoms with Crippen molar-refractivity contribution >= 4 is 17.9 Å². The number of hydrogen-bond acceptors (Lipinski definition) is 3. The summed E-state index contributed by atoms with van der Waals surface area (Å²) < 4.78 is 5.20. The van der Waals surface area contributed by atoms with Crippen LogP contribution in [0, 0.1) is 5.92 Å². The fourth-order valence-corrected chi connectivity index (χ4v) is 2.50. The lowest BCUT2D eigenvalue weighted by atomic mass is 9.96. The van der Waals surface area contributed by atoms with E-state index in [9.17, 15) is 9.59 Å². The van der Waals surface area contributed by atoms with Crippen LogP contribution in [0.15, 0.2) is 60.7 Å². The van der Waals surface area contributed by atoms with Crippen LogP contribution in [0.1, 0.15) is 31.0 Å². The molecule has 136 valence electrons. The minimum absolute atomic E-state index is 0.0436. The summed E-state index contributed by atoms with van der Waals surface area (Å²) in [6.07, 6.45) is 3.24. The predicted octanol–water partition coefficient (Wildman–Crippen LogP) is 3.08. The van der Waals surface area contributed by atoms with Crippen molar-refractivity contribution in [2.24, 2.45) is 11.7 Å². The van der Waals surface area contributed by atoms with E-state index < -0.39 is 5.91 Å². The molecule has 2 rings (SSSR count). The highest BCUT2D eigenvalue weighted by molar-refractivity contribution is 5.92. The third-order valence-corrected chi connectivity index (χ3v) is 3.81. The van der Waals surface area contributed by atoms with Crippen LogP contribution < -0.4 is 15.8 Å². The number of carbonyl (C=O) groups is 2. The Kier molecular flexibility index (Phi) is 6.97. The SMILES string of the molecule is CC(C)C(NC(=O)/C=C/c1ccc(OCC(N)=O)cc1)c1ccccc1. The van der Waals surface area contributed by atoms with Crippen molar-refractivity contribution in [1.29, 1.82) is 0 Å². The number of benzene rings is 2. The van der Waals surface area contributed by atoms with Gasteiger partial charge in [0.1, 0.15) is 5.75 Å². The number of nitrogens with one attached hydrogen (secondary N) is 1. The third kappa shape index (κ3) is 6.09. The van der Waals surface area contributed by atoms with Gasteiger partial charge in [-0.1, -0.05) is 56.3 Å². The minimum atomic E-state index is -0.524. The molecule has 1 atom stereocenters. The number of nitrogens with two attached hydrogens (primary N) is 1. The van der Waals surface area contributed by atoms with Crippen molar-refractivity contribution in [2.45, 2.75) is 19.9 Å². The van der Waals surface area contributed by atoms with E-state index in [1.54, 1.807) is 30.3 Å². The summed E-state index contributed by atoms with van der Waals surface area (Å²) in [5.41, 5.74) is 6.97. The molecule has 2 aromatic carbocycles. The Morgan fingerprint density at radius 3 is 2.31 bits per heavy atom. The van der Waals surface area contributed by atoms with Gasteiger partial charge in [-0.05, 0) is 35.3 Å². The van der Waals surface area contributed by atoms with E-state index in [4.69, 9.17) is 10.5 Å². The van der Waals surface area contributed by atoms with Crippen molar-refractivity contribution in [1.82, 2.24) is 5.32 Å². The Morgan fingerprint density at radius 2 is 1.73 bits per heavy atom. The van der Waals surface area contributed by atoms with Crippen LogP contribution in [0.4, 0.5) is 0 Å². The van der Waals surface area contributed by atoms with Crippen LogP contribution >= 0.6 is 0 Å². The van der Waals surface area contributed by atoms with Gasteiger partial charge in [0.25, 0.3) is 5.91 Å². The number of hydrogen-bond donors (Lipinski definition) is 2. The normalized spacial score (nSPS) is 12.1. The zero-order valence-electron chi connectivity index (χ0n) is 15.0. The second-order valence-electron chi connectivity index (χ2n) is 6.30. The molecule has 26 heavy (non-hydrogen) atoms. The molecule has 5 heteroatoms. The Bertz CT molecular complexity index is 753. The fourth-order valence-electron chi connectivity index (χ4n) is 2.50. The fraction of sp³-hybridized carbons (Fsp3) is 0.238. The summed E-state index contributed by atoms with van der Waals surface area (Å²) in [6, 6.07) is 16.9. The van der Waals surface area contributed by atoms with Crippen molar-refractivity contribution in [2.75, 3.05) is 6.61 Å². The quantitative estimate of drug-likeness (QED) is 0.716. The number of primary amides is 1. The molecule has 5 nitrogen and oxygen atoms in total. The first-order valence-electron chi connectivity index (χ1n) is 8.50. The summed E-state index contributed by atoms with van der Waals surface area (Å²) in [5, 5.41) is 3.05. The van der Waals surface area contributed by atoms with Crippen LogP contribution in [0.3, 0.4) is 0 Å². The summed E-state index contributed by atoms with van der Waals surface area (Å²) in [6.45, 7) is 3.99. The highest BCUT2D eigenvalue weighted by Crippen LogP contribution is 2.21. The van der Waals surface area contributed by atoms with Crippen LogP contribution in [-0.2, 0) is 9.59 Å². The molecule has 2 amide bonds. The smallest absolute Gasteiger partial charge is 0.255 e. The maximum absolute atomic E-state index is 12.3. The third-order valence-electron chi connectivity index (χ3n) is 3.81. The molecule has 0 saturated carbocycles. The van der Waals surface area contributed by atoms with Gasteiger partial charge >= 0.3 is 0 Å². The van der Waals surface area contributed by atoms with E-state index in [0.29, 0.717) is 5.75 Å². The summed E-state index contributed by atoms with van der Waals surface area (Å²) in [5.74, 6) is 0.149. The van der Waals surface area contributed by atoms with Gasteiger partial charge in [0.15, 0.2) is 6.61 Å². The molecule has 0 saturated heterocycles. The summed E-state index contributed by atoms with van der Waals surface area (Å²) in [4.78, 5) is 23.0. The highest BCUT2D eigenvalue weighted by atomic mass is 16.5. The largest absolute Gasteiger partial charge is 0.484 e. The van der Waals surface area contributed by atoms with E-state index in [1.807, 2.05) is 30.3 Å². The van der Waals surface area contributed by atoms with E-state index in [2.05, 4.69) is 19.2 Å². The van der Waals surface area contributed by atoms with Gasteiger partial charge in [0.2, 0.25) is 5.91 Å². The van der Waals surface area contributed by atoms with E-state index in [1.165, 1.54) is 6.08 Å². The lowest BCUT2D eigenvalue weighted by molar-refractivity contribution is -0.120. The van der Waals surface area contributed by atoms with Gasteiger partial charge in [-0.25, -0.2) is 0 Å². The molecule has 0 aromatic heterocycles. The Balaban J connectivity index is 1.96. The van der Waals surface area contributed by atoms with Crippen LogP contribution in [-0.4, -0.2) is 18.4 Å². The van der Waals surface area contributed by atoms with Gasteiger partial charge in [-0.2, -0.15) is 0 Å². The first-order chi connectivity index (χ1) is 12.5. The maximum atomic E-state index is 12.3. The van der Waals surface area contributed by atoms with Crippen molar-refractivity contribution < 1.29 is 14.3 Å². The zero-order valence-corrected chi connectivity index (χ0v) is 15.0. The maximum Gasteiger partial charge on any atom is 0.255 e. The second kappa shape index (κ2) is 9.42. The monoisotopic (exact) mass is 352 g/mol. The molecule has 0 heterocycles. The average molecular weight is 352 g/mol. The van der Waals surface area contributed by atoms with Gasteiger partial charge in [0, 0.05) is 6.08 Å². The molecule has 0 spiro atoms. The van der Waals surface area contributed by atoms with Crippen molar-refractivity contribution in [3.63, 3.8) is 0 Å². The summed E-state index contributed by atoms with van der Waals surface area (Å²) >= 11 is 0. The number of amides is 2. The van der Waals surface area contributed by atoms with Crippen molar-refractivity contribution in [3.05, 3.63) is 71.8 Å². The van der Waals surface area contributed by atoms with Crippen LogP contribution in [0.2, 0.25) is 0 Å². The Morgan fingerprint density at radius 1 is 1.08 bits per heavy atom. The molecular formula is C21H24N2O3. The number of ether oxygens (including phenoxy) is 1. The average Bonchev–Trinajstić information content (AvgIpc) is 2.64. The molecule has 0 aliphatic heterocycles. The van der Waals surface area contributed by atoms with Crippen molar-refractivity contribution in [3.8, 4) is 5.75 Å². The van der Waals surface area contributed by atoms with E-state index in [0.717, 1.165) is 11.1 Å². The predicted molar refractivity (Wildman–Crippen MR) is 102 cm³/mol. The molecular weight excluding hydrogens is 328 g/mol. The Labute approximate surface area is 153 Å². The van der Waals surface area contributed by atoms with Crippen LogP contribution in [0.25, 0.3) is 6.08 Å².